The van der Waals surface area contributed by atoms with E-state index < -0.39 is 0 Å². The molecule has 6 heteroatoms. The van der Waals surface area contributed by atoms with Crippen LogP contribution in [0.4, 0.5) is 17.3 Å². The first kappa shape index (κ1) is 16.6. The first-order valence-electron chi connectivity index (χ1n) is 7.82. The maximum absolute atomic E-state index is 11.2. The van der Waals surface area contributed by atoms with Crippen LogP contribution in [0.5, 0.6) is 0 Å². The van der Waals surface area contributed by atoms with Crippen molar-refractivity contribution in [1.29, 1.82) is 0 Å². The maximum atomic E-state index is 11.2. The minimum Gasteiger partial charge on any atom is -0.392 e. The molecule has 1 heterocycles. The number of rotatable bonds is 5. The van der Waals surface area contributed by atoms with Gasteiger partial charge in [-0.2, -0.15) is 0 Å². The lowest BCUT2D eigenvalue weighted by molar-refractivity contribution is -0.114. The lowest BCUT2D eigenvalue weighted by Gasteiger charge is -2.09. The zero-order valence-corrected chi connectivity index (χ0v) is 13.7. The Kier molecular flexibility index (Phi) is 5.01. The molecule has 126 valence electrons. The number of carbonyl (C=O) groups excluding carboxylic acids is 1. The average Bonchev–Trinajstić information content (AvgIpc) is 2.62. The molecule has 0 fully saturated rings. The summed E-state index contributed by atoms with van der Waals surface area (Å²) in [6.07, 6.45) is 1.67. The van der Waals surface area contributed by atoms with Crippen molar-refractivity contribution < 1.29 is 9.90 Å². The molecule has 3 N–H and O–H groups in total. The van der Waals surface area contributed by atoms with Crippen molar-refractivity contribution in [3.63, 3.8) is 0 Å². The highest BCUT2D eigenvalue weighted by Crippen LogP contribution is 2.22. The number of aromatic nitrogens is 2. The SMILES string of the molecule is CC(=O)Nc1cccc(-c2ccnc(Nc3cccc(CO)c3)n2)c1. The molecule has 1 amide bonds. The van der Waals surface area contributed by atoms with E-state index in [-0.39, 0.29) is 12.5 Å². The predicted molar refractivity (Wildman–Crippen MR) is 97.4 cm³/mol. The number of aliphatic hydroxyl groups excluding tert-OH is 1. The molecule has 0 saturated carbocycles. The van der Waals surface area contributed by atoms with E-state index in [0.29, 0.717) is 11.6 Å². The Morgan fingerprint density at radius 1 is 1.08 bits per heavy atom. The van der Waals surface area contributed by atoms with Gasteiger partial charge in [0.15, 0.2) is 0 Å². The van der Waals surface area contributed by atoms with E-state index in [2.05, 4.69) is 20.6 Å². The van der Waals surface area contributed by atoms with Gasteiger partial charge in [-0.25, -0.2) is 9.97 Å². The fourth-order valence-corrected chi connectivity index (χ4v) is 2.42. The van der Waals surface area contributed by atoms with Crippen molar-refractivity contribution in [2.45, 2.75) is 13.5 Å². The zero-order chi connectivity index (χ0) is 17.6. The monoisotopic (exact) mass is 334 g/mol. The highest BCUT2D eigenvalue weighted by Gasteiger charge is 2.05. The molecule has 0 unspecified atom stereocenters. The second-order valence-corrected chi connectivity index (χ2v) is 5.51. The van der Waals surface area contributed by atoms with Crippen molar-refractivity contribution in [3.8, 4) is 11.3 Å². The number of nitrogens with one attached hydrogen (secondary N) is 2. The summed E-state index contributed by atoms with van der Waals surface area (Å²) in [5.41, 5.74) is 3.94. The highest BCUT2D eigenvalue weighted by atomic mass is 16.3. The van der Waals surface area contributed by atoms with Crippen LogP contribution in [0, 0.1) is 0 Å². The Morgan fingerprint density at radius 2 is 1.88 bits per heavy atom. The molecular formula is C19H18N4O2. The standard InChI is InChI=1S/C19H18N4O2/c1-13(25)21-17-7-3-5-15(11-17)18-8-9-20-19(23-18)22-16-6-2-4-14(10-16)12-24/h2-11,24H,12H2,1H3,(H,21,25)(H,20,22,23). The van der Waals surface area contributed by atoms with Crippen LogP contribution < -0.4 is 10.6 Å². The van der Waals surface area contributed by atoms with Gasteiger partial charge in [-0.1, -0.05) is 24.3 Å². The van der Waals surface area contributed by atoms with Crippen molar-refractivity contribution in [3.05, 3.63) is 66.4 Å². The largest absolute Gasteiger partial charge is 0.392 e. The van der Waals surface area contributed by atoms with Crippen LogP contribution in [-0.4, -0.2) is 21.0 Å². The third kappa shape index (κ3) is 4.39. The molecule has 0 aliphatic heterocycles. The van der Waals surface area contributed by atoms with E-state index in [1.807, 2.05) is 54.6 Å². The molecule has 3 rings (SSSR count). The minimum absolute atomic E-state index is 0.0215. The summed E-state index contributed by atoms with van der Waals surface area (Å²) in [6, 6.07) is 16.7. The number of carbonyl (C=O) groups is 1. The van der Waals surface area contributed by atoms with Crippen molar-refractivity contribution in [2.24, 2.45) is 0 Å². The van der Waals surface area contributed by atoms with Gasteiger partial charge in [-0.15, -0.1) is 0 Å². The number of benzene rings is 2. The fourth-order valence-electron chi connectivity index (χ4n) is 2.42. The predicted octanol–water partition coefficient (Wildman–Crippen LogP) is 3.34. The van der Waals surface area contributed by atoms with Crippen LogP contribution in [0.3, 0.4) is 0 Å². The van der Waals surface area contributed by atoms with Crippen LogP contribution in [0.2, 0.25) is 0 Å². The summed E-state index contributed by atoms with van der Waals surface area (Å²) < 4.78 is 0. The van der Waals surface area contributed by atoms with Gasteiger partial charge in [0.25, 0.3) is 0 Å². The molecule has 0 spiro atoms. The van der Waals surface area contributed by atoms with E-state index in [4.69, 9.17) is 0 Å². The van der Waals surface area contributed by atoms with Gasteiger partial charge >= 0.3 is 0 Å². The van der Waals surface area contributed by atoms with Crippen LogP contribution in [0.15, 0.2) is 60.8 Å². The Bertz CT molecular complexity index is 896. The van der Waals surface area contributed by atoms with Crippen LogP contribution in [-0.2, 0) is 11.4 Å². The van der Waals surface area contributed by atoms with Crippen molar-refractivity contribution in [2.75, 3.05) is 10.6 Å². The lowest BCUT2D eigenvalue weighted by atomic mass is 10.1. The summed E-state index contributed by atoms with van der Waals surface area (Å²) in [5, 5.41) is 15.1. The average molecular weight is 334 g/mol. The Morgan fingerprint density at radius 3 is 2.68 bits per heavy atom. The van der Waals surface area contributed by atoms with Gasteiger partial charge in [0.1, 0.15) is 0 Å². The van der Waals surface area contributed by atoms with E-state index in [9.17, 15) is 9.90 Å². The molecule has 0 saturated heterocycles. The molecule has 6 nitrogen and oxygen atoms in total. The van der Waals surface area contributed by atoms with E-state index in [0.717, 1.165) is 22.5 Å². The van der Waals surface area contributed by atoms with Crippen molar-refractivity contribution in [1.82, 2.24) is 9.97 Å². The highest BCUT2D eigenvalue weighted by molar-refractivity contribution is 5.89. The first-order chi connectivity index (χ1) is 12.1. The molecule has 25 heavy (non-hydrogen) atoms. The number of aliphatic hydroxyl groups is 1. The summed E-state index contributed by atoms with van der Waals surface area (Å²) in [7, 11) is 0. The normalized spacial score (nSPS) is 10.3. The maximum Gasteiger partial charge on any atom is 0.227 e. The molecule has 0 aliphatic rings. The smallest absolute Gasteiger partial charge is 0.227 e. The summed E-state index contributed by atoms with van der Waals surface area (Å²) in [4.78, 5) is 20.0. The second kappa shape index (κ2) is 7.55. The summed E-state index contributed by atoms with van der Waals surface area (Å²) in [6.45, 7) is 1.45. The van der Waals surface area contributed by atoms with E-state index in [1.165, 1.54) is 6.92 Å². The van der Waals surface area contributed by atoms with Crippen LogP contribution in [0.25, 0.3) is 11.3 Å². The summed E-state index contributed by atoms with van der Waals surface area (Å²) >= 11 is 0. The Balaban J connectivity index is 1.85. The van der Waals surface area contributed by atoms with Crippen molar-refractivity contribution >= 4 is 23.2 Å². The van der Waals surface area contributed by atoms with Gasteiger partial charge in [-0.05, 0) is 35.9 Å². The third-order valence-corrected chi connectivity index (χ3v) is 3.50. The third-order valence-electron chi connectivity index (χ3n) is 3.50. The number of hydrogen-bond acceptors (Lipinski definition) is 5. The summed E-state index contributed by atoms with van der Waals surface area (Å²) in [5.74, 6) is 0.337. The quantitative estimate of drug-likeness (QED) is 0.666. The second-order valence-electron chi connectivity index (χ2n) is 5.51. The molecular weight excluding hydrogens is 316 g/mol. The van der Waals surface area contributed by atoms with Gasteiger partial charge in [0.05, 0.1) is 12.3 Å². The molecule has 0 atom stereocenters. The molecule has 0 bridgehead atoms. The topological polar surface area (TPSA) is 87.1 Å². The van der Waals surface area contributed by atoms with Gasteiger partial charge in [0.2, 0.25) is 11.9 Å². The number of hydrogen-bond donors (Lipinski definition) is 3. The Hall–Kier alpha value is -3.25. The molecule has 2 aromatic carbocycles. The molecule has 0 radical (unpaired) electrons. The number of nitrogens with zero attached hydrogens (tertiary/aromatic N) is 2. The van der Waals surface area contributed by atoms with Gasteiger partial charge < -0.3 is 15.7 Å². The lowest BCUT2D eigenvalue weighted by Crippen LogP contribution is -2.05. The van der Waals surface area contributed by atoms with Gasteiger partial charge in [0, 0.05) is 30.1 Å². The number of amides is 1. The first-order valence-corrected chi connectivity index (χ1v) is 7.82. The molecule has 0 aliphatic carbocycles. The number of anilines is 3. The van der Waals surface area contributed by atoms with E-state index >= 15 is 0 Å². The van der Waals surface area contributed by atoms with Gasteiger partial charge in [-0.3, -0.25) is 4.79 Å². The minimum atomic E-state index is -0.119. The molecule has 3 aromatic rings. The molecule has 1 aromatic heterocycles. The van der Waals surface area contributed by atoms with Crippen LogP contribution in [0.1, 0.15) is 12.5 Å². The zero-order valence-electron chi connectivity index (χ0n) is 13.7. The van der Waals surface area contributed by atoms with E-state index in [1.54, 1.807) is 6.20 Å². The Labute approximate surface area is 145 Å². The fraction of sp³-hybridized carbons (Fsp3) is 0.105. The van der Waals surface area contributed by atoms with Crippen LogP contribution >= 0.6 is 0 Å².